The number of carboxylic acid groups (broad SMARTS) is 1. The Balaban J connectivity index is 1.80. The maximum absolute atomic E-state index is 14.5. The average molecular weight is 503 g/mol. The maximum atomic E-state index is 14.5. The van der Waals surface area contributed by atoms with E-state index in [4.69, 9.17) is 0 Å². The Morgan fingerprint density at radius 3 is 2.66 bits per heavy atom. The Morgan fingerprint density at radius 2 is 2.00 bits per heavy atom. The van der Waals surface area contributed by atoms with Crippen LogP contribution in [0.3, 0.4) is 0 Å². The fourth-order valence-electron chi connectivity index (χ4n) is 4.38. The monoisotopic (exact) mass is 502 g/mol. The quantitative estimate of drug-likeness (QED) is 0.615. The van der Waals surface area contributed by atoms with Gasteiger partial charge in [0.1, 0.15) is 11.6 Å². The van der Waals surface area contributed by atoms with Gasteiger partial charge in [0.2, 0.25) is 20.9 Å². The number of benzene rings is 1. The molecule has 1 fully saturated rings. The zero-order chi connectivity index (χ0) is 25.3. The van der Waals surface area contributed by atoms with Crippen LogP contribution in [-0.4, -0.2) is 72.3 Å². The molecule has 0 saturated carbocycles. The molecule has 0 aliphatic carbocycles. The summed E-state index contributed by atoms with van der Waals surface area (Å²) >= 11 is 0. The molecule has 184 valence electrons. The zero-order valence-electron chi connectivity index (χ0n) is 18.9. The van der Waals surface area contributed by atoms with Crippen LogP contribution in [-0.2, 0) is 27.6 Å². The first kappa shape index (κ1) is 24.3. The molecule has 1 aromatic carbocycles. The van der Waals surface area contributed by atoms with Crippen LogP contribution in [0.25, 0.3) is 0 Å². The second-order valence-electron chi connectivity index (χ2n) is 8.40. The smallest absolute Gasteiger partial charge is 0.407 e. The molecule has 2 amide bonds. The van der Waals surface area contributed by atoms with Crippen molar-refractivity contribution >= 4 is 33.3 Å². The number of para-hydroxylation sites is 1. The van der Waals surface area contributed by atoms with Crippen LogP contribution in [0.15, 0.2) is 29.4 Å². The van der Waals surface area contributed by atoms with Gasteiger partial charge in [-0.05, 0) is 18.6 Å². The van der Waals surface area contributed by atoms with Crippen molar-refractivity contribution in [3.8, 4) is 6.07 Å². The Hall–Kier alpha value is -3.79. The molecule has 3 heterocycles. The van der Waals surface area contributed by atoms with Crippen LogP contribution < -0.4 is 9.80 Å². The van der Waals surface area contributed by atoms with Crippen molar-refractivity contribution < 1.29 is 27.5 Å². The number of anilines is 2. The Bertz CT molecular complexity index is 1330. The molecule has 1 saturated heterocycles. The molecule has 0 unspecified atom stereocenters. The summed E-state index contributed by atoms with van der Waals surface area (Å²) in [7, 11) is -3.84. The molecule has 1 atom stereocenters. The zero-order valence-corrected chi connectivity index (χ0v) is 19.7. The molecule has 2 aromatic rings. The van der Waals surface area contributed by atoms with E-state index in [1.165, 1.54) is 28.0 Å². The van der Waals surface area contributed by atoms with Crippen LogP contribution in [0.5, 0.6) is 0 Å². The van der Waals surface area contributed by atoms with E-state index in [1.54, 1.807) is 11.0 Å². The van der Waals surface area contributed by atoms with Crippen molar-refractivity contribution in [1.29, 1.82) is 5.26 Å². The SMILES string of the molecule is CS(=O)(=O)c1nc2c(c(N3CCN(C(=O)O)[C@@H](CC#N)C3)n1)CCC(=O)N(c1ccccc1F)C2. The molecule has 4 rings (SSSR count). The predicted octanol–water partition coefficient (Wildman–Crippen LogP) is 1.58. The number of carbonyl (C=O) groups excluding carboxylic acids is 1. The molecule has 2 aliphatic rings. The summed E-state index contributed by atoms with van der Waals surface area (Å²) in [6.45, 7) is 0.280. The number of amides is 2. The highest BCUT2D eigenvalue weighted by atomic mass is 32.2. The summed E-state index contributed by atoms with van der Waals surface area (Å²) in [6, 6.07) is 7.16. The highest BCUT2D eigenvalue weighted by Gasteiger charge is 2.35. The highest BCUT2D eigenvalue weighted by Crippen LogP contribution is 2.32. The van der Waals surface area contributed by atoms with Crippen LogP contribution in [0, 0.1) is 17.1 Å². The lowest BCUT2D eigenvalue weighted by molar-refractivity contribution is -0.118. The van der Waals surface area contributed by atoms with Gasteiger partial charge in [0.05, 0.1) is 36.5 Å². The molecule has 1 N–H and O–H groups in total. The summed E-state index contributed by atoms with van der Waals surface area (Å²) in [5.41, 5.74) is 0.890. The average Bonchev–Trinajstić information content (AvgIpc) is 2.97. The third-order valence-electron chi connectivity index (χ3n) is 6.08. The van der Waals surface area contributed by atoms with E-state index in [0.29, 0.717) is 5.56 Å². The lowest BCUT2D eigenvalue weighted by Crippen LogP contribution is -2.55. The van der Waals surface area contributed by atoms with E-state index in [2.05, 4.69) is 9.97 Å². The number of piperazine rings is 1. The highest BCUT2D eigenvalue weighted by molar-refractivity contribution is 7.90. The third-order valence-corrected chi connectivity index (χ3v) is 6.92. The van der Waals surface area contributed by atoms with Crippen LogP contribution in [0.4, 0.5) is 20.7 Å². The van der Waals surface area contributed by atoms with Gasteiger partial charge in [-0.1, -0.05) is 12.1 Å². The number of carbonyl (C=O) groups is 2. The first-order chi connectivity index (χ1) is 16.6. The van der Waals surface area contributed by atoms with E-state index in [-0.39, 0.29) is 68.5 Å². The number of sulfone groups is 1. The van der Waals surface area contributed by atoms with Crippen molar-refractivity contribution in [3.05, 3.63) is 41.3 Å². The van der Waals surface area contributed by atoms with Gasteiger partial charge in [-0.25, -0.2) is 27.6 Å². The van der Waals surface area contributed by atoms with Crippen molar-refractivity contribution in [3.63, 3.8) is 0 Å². The number of halogens is 1. The summed E-state index contributed by atoms with van der Waals surface area (Å²) in [5, 5.41) is 18.2. The second kappa shape index (κ2) is 9.46. The fourth-order valence-corrected chi connectivity index (χ4v) is 4.91. The summed E-state index contributed by atoms with van der Waals surface area (Å²) in [6.07, 6.45) is -0.00761. The van der Waals surface area contributed by atoms with Crippen molar-refractivity contribution in [2.45, 2.75) is 37.0 Å². The first-order valence-corrected chi connectivity index (χ1v) is 12.8. The first-order valence-electron chi connectivity index (χ1n) is 10.9. The van der Waals surface area contributed by atoms with Gasteiger partial charge >= 0.3 is 6.09 Å². The van der Waals surface area contributed by atoms with Gasteiger partial charge in [0.25, 0.3) is 0 Å². The molecule has 11 nitrogen and oxygen atoms in total. The predicted molar refractivity (Wildman–Crippen MR) is 122 cm³/mol. The number of nitrogens with zero attached hydrogens (tertiary/aromatic N) is 6. The molecule has 1 aromatic heterocycles. The van der Waals surface area contributed by atoms with E-state index in [0.717, 1.165) is 6.26 Å². The van der Waals surface area contributed by atoms with Crippen molar-refractivity contribution in [1.82, 2.24) is 14.9 Å². The lowest BCUT2D eigenvalue weighted by atomic mass is 10.1. The minimum Gasteiger partial charge on any atom is -0.465 e. The van der Waals surface area contributed by atoms with Gasteiger partial charge in [0.15, 0.2) is 0 Å². The minimum atomic E-state index is -3.84. The Morgan fingerprint density at radius 1 is 1.26 bits per heavy atom. The molecule has 13 heteroatoms. The molecular formula is C22H23FN6O5S. The summed E-state index contributed by atoms with van der Waals surface area (Å²) in [4.78, 5) is 37.2. The Kier molecular flexibility index (Phi) is 6.58. The van der Waals surface area contributed by atoms with E-state index >= 15 is 0 Å². The van der Waals surface area contributed by atoms with E-state index in [1.807, 2.05) is 6.07 Å². The number of hydrogen-bond donors (Lipinski definition) is 1. The molecule has 0 spiro atoms. The number of hydrogen-bond acceptors (Lipinski definition) is 8. The topological polar surface area (TPSA) is 148 Å². The van der Waals surface area contributed by atoms with Gasteiger partial charge in [0, 0.05) is 37.9 Å². The second-order valence-corrected chi connectivity index (χ2v) is 10.3. The van der Waals surface area contributed by atoms with Crippen molar-refractivity contribution in [2.24, 2.45) is 0 Å². The number of fused-ring (bicyclic) bond motifs is 1. The van der Waals surface area contributed by atoms with Gasteiger partial charge in [-0.15, -0.1) is 0 Å². The van der Waals surface area contributed by atoms with Crippen LogP contribution >= 0.6 is 0 Å². The molecule has 0 bridgehead atoms. The maximum Gasteiger partial charge on any atom is 0.407 e. The van der Waals surface area contributed by atoms with Crippen LogP contribution in [0.1, 0.15) is 24.1 Å². The molecule has 2 aliphatic heterocycles. The molecule has 0 radical (unpaired) electrons. The normalized spacial score (nSPS) is 18.6. The van der Waals surface area contributed by atoms with Crippen molar-refractivity contribution in [2.75, 3.05) is 35.7 Å². The van der Waals surface area contributed by atoms with E-state index in [9.17, 15) is 32.8 Å². The van der Waals surface area contributed by atoms with Gasteiger partial charge < -0.3 is 19.8 Å². The van der Waals surface area contributed by atoms with Gasteiger partial charge in [-0.3, -0.25) is 4.79 Å². The van der Waals surface area contributed by atoms with Gasteiger partial charge in [-0.2, -0.15) is 5.26 Å². The Labute approximate surface area is 201 Å². The summed E-state index contributed by atoms with van der Waals surface area (Å²) < 4.78 is 39.3. The third kappa shape index (κ3) is 4.88. The van der Waals surface area contributed by atoms with E-state index < -0.39 is 32.9 Å². The van der Waals surface area contributed by atoms with Crippen LogP contribution in [0.2, 0.25) is 0 Å². The molecular weight excluding hydrogens is 479 g/mol. The minimum absolute atomic E-state index is 0.0205. The molecule has 35 heavy (non-hydrogen) atoms. The number of rotatable bonds is 4. The fraction of sp³-hybridized carbons (Fsp3) is 0.409. The summed E-state index contributed by atoms with van der Waals surface area (Å²) in [5.74, 6) is -0.657. The number of aromatic nitrogens is 2. The standard InChI is InChI=1S/C22H23FN6O5S/c1-35(33,34)21-25-17-13-29(18-5-3-2-4-16(18)23)19(30)7-6-15(17)20(26-21)27-10-11-28(22(31)32)14(12-27)8-9-24/h2-5,14H,6-8,10-13H2,1H3,(H,31,32)/t14-/m0/s1. The lowest BCUT2D eigenvalue weighted by Gasteiger charge is -2.40. The largest absolute Gasteiger partial charge is 0.465 e. The number of nitriles is 1.